The van der Waals surface area contributed by atoms with Gasteiger partial charge in [-0.2, -0.15) is 5.26 Å². The van der Waals surface area contributed by atoms with Gasteiger partial charge >= 0.3 is 5.69 Å². The third-order valence-electron chi connectivity index (χ3n) is 3.03. The minimum absolute atomic E-state index is 0.122. The maximum absolute atomic E-state index is 11.7. The third-order valence-corrected chi connectivity index (χ3v) is 3.03. The van der Waals surface area contributed by atoms with Crippen LogP contribution in [0.1, 0.15) is 18.2 Å². The maximum Gasteiger partial charge on any atom is 0.330 e. The smallest absolute Gasteiger partial charge is 0.330 e. The number of aliphatic hydroxyl groups excluding tert-OH is 2. The summed E-state index contributed by atoms with van der Waals surface area (Å²) < 4.78 is 6.46. The number of nitrogens with one attached hydrogen (secondary N) is 1. The van der Waals surface area contributed by atoms with Gasteiger partial charge < -0.3 is 14.9 Å². The molecule has 20 heavy (non-hydrogen) atoms. The van der Waals surface area contributed by atoms with E-state index in [-0.39, 0.29) is 18.6 Å². The van der Waals surface area contributed by atoms with Crippen molar-refractivity contribution in [3.8, 4) is 6.07 Å². The first-order valence-electron chi connectivity index (χ1n) is 5.93. The number of aromatic nitrogens is 2. The highest BCUT2D eigenvalue weighted by molar-refractivity contribution is 5.49. The molecule has 0 radical (unpaired) electrons. The summed E-state index contributed by atoms with van der Waals surface area (Å²) in [7, 11) is 0. The molecule has 0 spiro atoms. The molecule has 0 bridgehead atoms. The quantitative estimate of drug-likeness (QED) is 0.591. The number of allylic oxidation sites excluding steroid dienone is 1. The van der Waals surface area contributed by atoms with Crippen LogP contribution in [-0.4, -0.2) is 38.6 Å². The molecule has 1 fully saturated rings. The van der Waals surface area contributed by atoms with Gasteiger partial charge in [0.05, 0.1) is 24.3 Å². The molecule has 1 aromatic rings. The molecule has 0 unspecified atom stereocenters. The molecule has 0 aliphatic carbocycles. The van der Waals surface area contributed by atoms with Gasteiger partial charge in [-0.3, -0.25) is 14.3 Å². The van der Waals surface area contributed by atoms with Crippen LogP contribution in [0.4, 0.5) is 0 Å². The highest BCUT2D eigenvalue weighted by atomic mass is 16.5. The van der Waals surface area contributed by atoms with Crippen molar-refractivity contribution in [3.05, 3.63) is 38.7 Å². The van der Waals surface area contributed by atoms with E-state index in [4.69, 9.17) is 15.1 Å². The lowest BCUT2D eigenvalue weighted by molar-refractivity contribution is -0.0459. The van der Waals surface area contributed by atoms with Gasteiger partial charge in [0.15, 0.2) is 0 Å². The fraction of sp³-hybridized carbons (Fsp3) is 0.417. The van der Waals surface area contributed by atoms with E-state index in [0.29, 0.717) is 0 Å². The predicted molar refractivity (Wildman–Crippen MR) is 67.6 cm³/mol. The fourth-order valence-corrected chi connectivity index (χ4v) is 2.01. The van der Waals surface area contributed by atoms with Gasteiger partial charge in [-0.25, -0.2) is 4.79 Å². The Morgan fingerprint density at radius 2 is 2.35 bits per heavy atom. The van der Waals surface area contributed by atoms with Crippen molar-refractivity contribution in [1.29, 1.82) is 5.26 Å². The number of aromatic amines is 1. The fourth-order valence-electron chi connectivity index (χ4n) is 2.01. The summed E-state index contributed by atoms with van der Waals surface area (Å²) in [5, 5.41) is 27.1. The average Bonchev–Trinajstić information content (AvgIpc) is 2.79. The zero-order chi connectivity index (χ0) is 14.7. The van der Waals surface area contributed by atoms with Crippen LogP contribution in [0.3, 0.4) is 0 Å². The van der Waals surface area contributed by atoms with E-state index >= 15 is 0 Å². The van der Waals surface area contributed by atoms with Crippen molar-refractivity contribution in [2.45, 2.75) is 24.9 Å². The molecule has 1 aliphatic heterocycles. The minimum atomic E-state index is -0.887. The summed E-state index contributed by atoms with van der Waals surface area (Å²) in [5.41, 5.74) is -1.17. The van der Waals surface area contributed by atoms with Crippen LogP contribution in [0.15, 0.2) is 21.9 Å². The first-order chi connectivity index (χ1) is 9.56. The van der Waals surface area contributed by atoms with Crippen LogP contribution in [0.5, 0.6) is 0 Å². The lowest BCUT2D eigenvalue weighted by atomic mass is 10.2. The molecular weight excluding hydrogens is 266 g/mol. The van der Waals surface area contributed by atoms with Gasteiger partial charge in [0, 0.05) is 18.7 Å². The first kappa shape index (κ1) is 14.2. The van der Waals surface area contributed by atoms with Gasteiger partial charge in [-0.05, 0) is 6.08 Å². The molecular formula is C12H13N3O5. The van der Waals surface area contributed by atoms with Gasteiger partial charge in [0.2, 0.25) is 0 Å². The Hall–Kier alpha value is -2.21. The van der Waals surface area contributed by atoms with Crippen LogP contribution in [-0.2, 0) is 4.74 Å². The van der Waals surface area contributed by atoms with Gasteiger partial charge in [0.25, 0.3) is 5.56 Å². The van der Waals surface area contributed by atoms with Crippen LogP contribution >= 0.6 is 0 Å². The Kier molecular flexibility index (Phi) is 4.14. The largest absolute Gasteiger partial charge is 0.394 e. The summed E-state index contributed by atoms with van der Waals surface area (Å²) in [6.45, 7) is -0.364. The second kappa shape index (κ2) is 5.83. The van der Waals surface area contributed by atoms with Crippen LogP contribution in [0, 0.1) is 11.3 Å². The molecule has 0 saturated carbocycles. The highest BCUT2D eigenvalue weighted by Gasteiger charge is 2.35. The monoisotopic (exact) mass is 279 g/mol. The molecule has 1 saturated heterocycles. The van der Waals surface area contributed by atoms with Crippen molar-refractivity contribution in [2.24, 2.45) is 0 Å². The van der Waals surface area contributed by atoms with Crippen LogP contribution in [0.25, 0.3) is 6.08 Å². The molecule has 8 nitrogen and oxygen atoms in total. The number of rotatable bonds is 3. The van der Waals surface area contributed by atoms with Crippen LogP contribution < -0.4 is 11.2 Å². The molecule has 3 atom stereocenters. The average molecular weight is 279 g/mol. The normalized spacial score (nSPS) is 25.9. The molecule has 106 valence electrons. The van der Waals surface area contributed by atoms with E-state index in [0.717, 1.165) is 10.6 Å². The van der Waals surface area contributed by atoms with Gasteiger partial charge in [0.1, 0.15) is 12.3 Å². The zero-order valence-electron chi connectivity index (χ0n) is 10.4. The Morgan fingerprint density at radius 1 is 1.60 bits per heavy atom. The summed E-state index contributed by atoms with van der Waals surface area (Å²) in [6.07, 6.45) is 1.33. The van der Waals surface area contributed by atoms with E-state index in [1.165, 1.54) is 12.3 Å². The number of H-pyrrole nitrogens is 1. The number of nitriles is 1. The predicted octanol–water partition coefficient (Wildman–Crippen LogP) is -1.29. The van der Waals surface area contributed by atoms with Crippen molar-refractivity contribution < 1.29 is 14.9 Å². The molecule has 1 aromatic heterocycles. The third kappa shape index (κ3) is 2.70. The number of ether oxygens (including phenoxy) is 1. The summed E-state index contributed by atoms with van der Waals surface area (Å²) in [6, 6.07) is 1.75. The Balaban J connectivity index is 2.38. The van der Waals surface area contributed by atoms with Crippen molar-refractivity contribution >= 4 is 6.08 Å². The first-order valence-corrected chi connectivity index (χ1v) is 5.93. The van der Waals surface area contributed by atoms with Crippen molar-refractivity contribution in [3.63, 3.8) is 0 Å². The van der Waals surface area contributed by atoms with E-state index in [9.17, 15) is 14.7 Å². The number of hydrogen-bond donors (Lipinski definition) is 3. The lowest BCUT2D eigenvalue weighted by Gasteiger charge is -2.14. The molecule has 0 aromatic carbocycles. The zero-order valence-corrected chi connectivity index (χ0v) is 10.4. The number of aliphatic hydroxyl groups is 2. The highest BCUT2D eigenvalue weighted by Crippen LogP contribution is 2.27. The Morgan fingerprint density at radius 3 is 2.95 bits per heavy atom. The topological polar surface area (TPSA) is 128 Å². The van der Waals surface area contributed by atoms with Gasteiger partial charge in [-0.1, -0.05) is 0 Å². The number of hydrogen-bond acceptors (Lipinski definition) is 6. The van der Waals surface area contributed by atoms with E-state index < -0.39 is 29.7 Å². The van der Waals surface area contributed by atoms with Crippen molar-refractivity contribution in [1.82, 2.24) is 9.55 Å². The lowest BCUT2D eigenvalue weighted by Crippen LogP contribution is -2.33. The molecule has 1 aliphatic rings. The standard InChI is InChI=1S/C12H13N3O5/c13-3-1-2-7-5-15(12(19)14-11(7)18)10-4-8(17)9(6-16)20-10/h1-2,5,8-10,16-17H,4,6H2,(H,14,18,19)/t8-,9+,10+/m0/s1. The molecule has 8 heteroatoms. The second-order valence-electron chi connectivity index (χ2n) is 4.33. The molecule has 3 N–H and O–H groups in total. The van der Waals surface area contributed by atoms with Crippen LogP contribution in [0.2, 0.25) is 0 Å². The van der Waals surface area contributed by atoms with E-state index in [1.54, 1.807) is 6.07 Å². The van der Waals surface area contributed by atoms with E-state index in [2.05, 4.69) is 4.98 Å². The van der Waals surface area contributed by atoms with Gasteiger partial charge in [-0.15, -0.1) is 0 Å². The van der Waals surface area contributed by atoms with Crippen molar-refractivity contribution in [2.75, 3.05) is 6.61 Å². The minimum Gasteiger partial charge on any atom is -0.394 e. The van der Waals surface area contributed by atoms with E-state index in [1.807, 2.05) is 0 Å². The summed E-state index contributed by atoms with van der Waals surface area (Å²) >= 11 is 0. The Bertz CT molecular complexity index is 669. The summed E-state index contributed by atoms with van der Waals surface area (Å²) in [5.74, 6) is 0. The molecule has 2 heterocycles. The Labute approximate surface area is 113 Å². The second-order valence-corrected chi connectivity index (χ2v) is 4.33. The summed E-state index contributed by atoms with van der Waals surface area (Å²) in [4.78, 5) is 25.4. The number of nitrogens with zero attached hydrogens (tertiary/aromatic N) is 2. The molecule has 0 amide bonds. The maximum atomic E-state index is 11.7. The SMILES string of the molecule is N#CC=Cc1cn([C@H]2C[C@H](O)[C@@H](CO)O2)c(=O)[nH]c1=O. The molecule has 2 rings (SSSR count).